The van der Waals surface area contributed by atoms with E-state index in [0.29, 0.717) is 16.5 Å². The van der Waals surface area contributed by atoms with Crippen LogP contribution in [0.25, 0.3) is 0 Å². The third kappa shape index (κ3) is 1.77. The highest BCUT2D eigenvalue weighted by molar-refractivity contribution is 5.81. The minimum absolute atomic E-state index is 0.244. The fourth-order valence-electron chi connectivity index (χ4n) is 1.44. The molecule has 0 unspecified atom stereocenters. The fraction of sp³-hybridized carbons (Fsp3) is 0. The molecular formula is C12H12FN3. The summed E-state index contributed by atoms with van der Waals surface area (Å²) in [5.74, 6) is 0. The zero-order chi connectivity index (χ0) is 11.5. The minimum atomic E-state index is 0.244. The van der Waals surface area contributed by atoms with E-state index in [2.05, 4.69) is 0 Å². The first kappa shape index (κ1) is 10.3. The second kappa shape index (κ2) is 4.10. The summed E-state index contributed by atoms with van der Waals surface area (Å²) in [5.41, 5.74) is 12.6. The van der Waals surface area contributed by atoms with Crippen molar-refractivity contribution in [3.05, 3.63) is 48.5 Å². The van der Waals surface area contributed by atoms with Crippen molar-refractivity contribution in [3.8, 4) is 0 Å². The van der Waals surface area contributed by atoms with Gasteiger partial charge in [-0.1, -0.05) is 28.7 Å². The van der Waals surface area contributed by atoms with Crippen molar-refractivity contribution in [2.75, 3.05) is 16.6 Å². The summed E-state index contributed by atoms with van der Waals surface area (Å²) in [6.45, 7) is 0. The van der Waals surface area contributed by atoms with Crippen molar-refractivity contribution in [3.63, 3.8) is 0 Å². The van der Waals surface area contributed by atoms with E-state index in [1.54, 1.807) is 42.5 Å². The Kier molecular flexibility index (Phi) is 2.64. The Morgan fingerprint density at radius 1 is 0.875 bits per heavy atom. The van der Waals surface area contributed by atoms with Crippen LogP contribution >= 0.6 is 0 Å². The molecule has 2 aromatic carbocycles. The lowest BCUT2D eigenvalue weighted by molar-refractivity contribution is 0.506. The Hall–Kier alpha value is -2.23. The molecule has 0 amide bonds. The van der Waals surface area contributed by atoms with Crippen LogP contribution in [0.2, 0.25) is 0 Å². The molecule has 16 heavy (non-hydrogen) atoms. The van der Waals surface area contributed by atoms with Gasteiger partial charge in [0.15, 0.2) is 0 Å². The van der Waals surface area contributed by atoms with E-state index in [1.165, 1.54) is 0 Å². The van der Waals surface area contributed by atoms with Crippen LogP contribution in [0.15, 0.2) is 48.5 Å². The largest absolute Gasteiger partial charge is 0.397 e. The van der Waals surface area contributed by atoms with Crippen LogP contribution in [0.5, 0.6) is 0 Å². The summed E-state index contributed by atoms with van der Waals surface area (Å²) < 4.78 is 14.0. The number of anilines is 4. The molecule has 0 saturated carbocycles. The predicted octanol–water partition coefficient (Wildman–Crippen LogP) is 2.87. The summed E-state index contributed by atoms with van der Waals surface area (Å²) in [4.78, 5) is 0. The lowest BCUT2D eigenvalue weighted by Crippen LogP contribution is -2.07. The molecule has 0 fully saturated rings. The van der Waals surface area contributed by atoms with Crippen molar-refractivity contribution < 1.29 is 4.48 Å². The number of hydrogen-bond donors (Lipinski definition) is 2. The van der Waals surface area contributed by atoms with Gasteiger partial charge in [0.25, 0.3) is 0 Å². The van der Waals surface area contributed by atoms with Crippen LogP contribution in [0.1, 0.15) is 0 Å². The van der Waals surface area contributed by atoms with Crippen LogP contribution in [-0.4, -0.2) is 0 Å². The van der Waals surface area contributed by atoms with Gasteiger partial charge in [0.1, 0.15) is 0 Å². The third-order valence-electron chi connectivity index (χ3n) is 2.31. The first-order valence-corrected chi connectivity index (χ1v) is 4.85. The van der Waals surface area contributed by atoms with Gasteiger partial charge in [-0.05, 0) is 24.3 Å². The molecular weight excluding hydrogens is 205 g/mol. The van der Waals surface area contributed by atoms with Crippen LogP contribution in [0.3, 0.4) is 0 Å². The Balaban J connectivity index is 2.42. The monoisotopic (exact) mass is 217 g/mol. The Bertz CT molecular complexity index is 485. The van der Waals surface area contributed by atoms with Crippen molar-refractivity contribution in [1.29, 1.82) is 0 Å². The van der Waals surface area contributed by atoms with Crippen LogP contribution in [-0.2, 0) is 0 Å². The van der Waals surface area contributed by atoms with Crippen molar-refractivity contribution >= 4 is 22.7 Å². The van der Waals surface area contributed by atoms with Crippen LogP contribution in [0, 0.1) is 0 Å². The third-order valence-corrected chi connectivity index (χ3v) is 2.31. The van der Waals surface area contributed by atoms with E-state index >= 15 is 0 Å². The van der Waals surface area contributed by atoms with Crippen LogP contribution in [0.4, 0.5) is 27.2 Å². The molecule has 0 radical (unpaired) electrons. The molecule has 2 aromatic rings. The van der Waals surface area contributed by atoms with Gasteiger partial charge in [-0.3, -0.25) is 0 Å². The van der Waals surface area contributed by atoms with Gasteiger partial charge in [-0.25, -0.2) is 0 Å². The number of nitrogens with zero attached hydrogens (tertiary/aromatic N) is 1. The average molecular weight is 217 g/mol. The predicted molar refractivity (Wildman–Crippen MR) is 65.0 cm³/mol. The molecule has 0 atom stereocenters. The van der Waals surface area contributed by atoms with Gasteiger partial charge < -0.3 is 11.5 Å². The van der Waals surface area contributed by atoms with E-state index < -0.39 is 0 Å². The lowest BCUT2D eigenvalue weighted by Gasteiger charge is -2.16. The van der Waals surface area contributed by atoms with Gasteiger partial charge in [-0.15, -0.1) is 0 Å². The molecule has 4 heteroatoms. The SMILES string of the molecule is Nc1cccc(N(F)c2ccccc2)c1N. The molecule has 0 aliphatic heterocycles. The van der Waals surface area contributed by atoms with E-state index in [4.69, 9.17) is 11.5 Å². The molecule has 0 spiro atoms. The molecule has 82 valence electrons. The number of hydrogen-bond acceptors (Lipinski definition) is 3. The van der Waals surface area contributed by atoms with E-state index in [9.17, 15) is 4.48 Å². The molecule has 3 nitrogen and oxygen atoms in total. The summed E-state index contributed by atoms with van der Waals surface area (Å²) in [6, 6.07) is 13.5. The zero-order valence-corrected chi connectivity index (χ0v) is 8.60. The normalized spacial score (nSPS) is 10.1. The smallest absolute Gasteiger partial charge is 0.0997 e. The second-order valence-corrected chi connectivity index (χ2v) is 3.40. The number of para-hydroxylation sites is 2. The Morgan fingerprint density at radius 2 is 1.56 bits per heavy atom. The van der Waals surface area contributed by atoms with E-state index in [-0.39, 0.29) is 11.4 Å². The number of halogens is 1. The first-order chi connectivity index (χ1) is 7.70. The average Bonchev–Trinajstić information content (AvgIpc) is 2.33. The quantitative estimate of drug-likeness (QED) is 0.600. The van der Waals surface area contributed by atoms with Crippen LogP contribution < -0.4 is 16.6 Å². The Labute approximate surface area is 93.0 Å². The topological polar surface area (TPSA) is 55.3 Å². The molecule has 2 rings (SSSR count). The number of nitrogens with two attached hydrogens (primary N) is 2. The molecule has 0 heterocycles. The molecule has 0 aromatic heterocycles. The molecule has 4 N–H and O–H groups in total. The highest BCUT2D eigenvalue weighted by Gasteiger charge is 2.12. The van der Waals surface area contributed by atoms with Gasteiger partial charge in [0.05, 0.1) is 22.7 Å². The molecule has 0 saturated heterocycles. The molecule has 0 aliphatic rings. The minimum Gasteiger partial charge on any atom is -0.397 e. The van der Waals surface area contributed by atoms with E-state index in [0.717, 1.165) is 0 Å². The maximum atomic E-state index is 14.0. The molecule has 0 aliphatic carbocycles. The standard InChI is InChI=1S/C12H12FN3/c13-16(9-5-2-1-3-6-9)11-8-4-7-10(14)12(11)15/h1-8H,14-15H2. The summed E-state index contributed by atoms with van der Waals surface area (Å²) in [6.07, 6.45) is 0. The summed E-state index contributed by atoms with van der Waals surface area (Å²) in [7, 11) is 0. The maximum absolute atomic E-state index is 14.0. The van der Waals surface area contributed by atoms with Crippen molar-refractivity contribution in [1.82, 2.24) is 0 Å². The summed E-state index contributed by atoms with van der Waals surface area (Å²) in [5, 5.41) is 0.520. The highest BCUT2D eigenvalue weighted by atomic mass is 19.2. The van der Waals surface area contributed by atoms with Gasteiger partial charge in [-0.2, -0.15) is 5.12 Å². The second-order valence-electron chi connectivity index (χ2n) is 3.40. The zero-order valence-electron chi connectivity index (χ0n) is 8.60. The first-order valence-electron chi connectivity index (χ1n) is 4.85. The van der Waals surface area contributed by atoms with Gasteiger partial charge in [0.2, 0.25) is 0 Å². The Morgan fingerprint density at radius 3 is 2.25 bits per heavy atom. The van der Waals surface area contributed by atoms with E-state index in [1.807, 2.05) is 6.07 Å². The number of rotatable bonds is 2. The van der Waals surface area contributed by atoms with Crippen molar-refractivity contribution in [2.45, 2.75) is 0 Å². The highest BCUT2D eigenvalue weighted by Crippen LogP contribution is 2.33. The number of benzene rings is 2. The van der Waals surface area contributed by atoms with Gasteiger partial charge >= 0.3 is 0 Å². The number of nitrogen functional groups attached to an aromatic ring is 2. The van der Waals surface area contributed by atoms with Crippen molar-refractivity contribution in [2.24, 2.45) is 0 Å². The maximum Gasteiger partial charge on any atom is 0.0997 e. The lowest BCUT2D eigenvalue weighted by atomic mass is 10.2. The van der Waals surface area contributed by atoms with Gasteiger partial charge in [0, 0.05) is 0 Å². The fourth-order valence-corrected chi connectivity index (χ4v) is 1.44. The molecule has 0 bridgehead atoms. The summed E-state index contributed by atoms with van der Waals surface area (Å²) >= 11 is 0.